The summed E-state index contributed by atoms with van der Waals surface area (Å²) in [5.74, 6) is 0.228. The third-order valence-electron chi connectivity index (χ3n) is 4.05. The van der Waals surface area contributed by atoms with Gasteiger partial charge in [-0.15, -0.1) is 0 Å². The van der Waals surface area contributed by atoms with E-state index in [-0.39, 0.29) is 11.8 Å². The van der Waals surface area contributed by atoms with Crippen molar-refractivity contribution in [3.8, 4) is 0 Å². The van der Waals surface area contributed by atoms with Gasteiger partial charge in [-0.3, -0.25) is 4.79 Å². The number of nitrogens with one attached hydrogen (secondary N) is 1. The van der Waals surface area contributed by atoms with Crippen molar-refractivity contribution >= 4 is 5.91 Å². The fourth-order valence-electron chi connectivity index (χ4n) is 2.79. The molecule has 1 amide bonds. The molecule has 1 atom stereocenters. The Morgan fingerprint density at radius 1 is 0.909 bits per heavy atom. The highest BCUT2D eigenvalue weighted by Crippen LogP contribution is 2.17. The second kappa shape index (κ2) is 9.04. The van der Waals surface area contributed by atoms with Crippen molar-refractivity contribution in [1.29, 1.82) is 0 Å². The van der Waals surface area contributed by atoms with E-state index in [1.54, 1.807) is 7.05 Å². The fraction of sp³-hybridized carbons (Fsp3) is 0.350. The highest BCUT2D eigenvalue weighted by molar-refractivity contribution is 5.78. The van der Waals surface area contributed by atoms with E-state index in [0.717, 1.165) is 32.1 Å². The fourth-order valence-corrected chi connectivity index (χ4v) is 2.79. The van der Waals surface area contributed by atoms with Gasteiger partial charge in [0.05, 0.1) is 0 Å². The van der Waals surface area contributed by atoms with E-state index in [4.69, 9.17) is 0 Å². The molecule has 0 fully saturated rings. The van der Waals surface area contributed by atoms with Gasteiger partial charge in [0.25, 0.3) is 0 Å². The van der Waals surface area contributed by atoms with Crippen LogP contribution in [0.3, 0.4) is 0 Å². The van der Waals surface area contributed by atoms with Crippen LogP contribution < -0.4 is 5.32 Å². The van der Waals surface area contributed by atoms with E-state index in [2.05, 4.69) is 41.7 Å². The molecule has 0 aliphatic heterocycles. The molecule has 0 saturated heterocycles. The molecule has 0 aliphatic rings. The smallest absolute Gasteiger partial charge is 0.223 e. The Bertz CT molecular complexity index is 550. The van der Waals surface area contributed by atoms with Crippen molar-refractivity contribution in [3.05, 3.63) is 71.8 Å². The molecular weight excluding hydrogens is 270 g/mol. The van der Waals surface area contributed by atoms with Crippen LogP contribution in [-0.2, 0) is 17.6 Å². The highest BCUT2D eigenvalue weighted by Gasteiger charge is 2.17. The summed E-state index contributed by atoms with van der Waals surface area (Å²) < 4.78 is 0. The molecule has 2 rings (SSSR count). The summed E-state index contributed by atoms with van der Waals surface area (Å²) in [6.07, 6.45) is 5.08. The minimum atomic E-state index is 0.0724. The second-order valence-corrected chi connectivity index (χ2v) is 5.73. The van der Waals surface area contributed by atoms with E-state index in [0.29, 0.717) is 0 Å². The van der Waals surface area contributed by atoms with Crippen molar-refractivity contribution in [2.24, 2.45) is 5.92 Å². The van der Waals surface area contributed by atoms with E-state index < -0.39 is 0 Å². The third-order valence-corrected chi connectivity index (χ3v) is 4.05. The van der Waals surface area contributed by atoms with Crippen LogP contribution in [0.25, 0.3) is 0 Å². The van der Waals surface area contributed by atoms with Gasteiger partial charge in [0.15, 0.2) is 0 Å². The molecule has 2 aromatic rings. The van der Waals surface area contributed by atoms with Crippen LogP contribution >= 0.6 is 0 Å². The molecule has 0 aromatic heterocycles. The lowest BCUT2D eigenvalue weighted by molar-refractivity contribution is -0.124. The molecule has 22 heavy (non-hydrogen) atoms. The molecule has 0 spiro atoms. The lowest BCUT2D eigenvalue weighted by atomic mass is 9.92. The Kier molecular flexibility index (Phi) is 6.69. The zero-order valence-electron chi connectivity index (χ0n) is 13.3. The molecule has 0 saturated carbocycles. The molecule has 1 unspecified atom stereocenters. The molecule has 2 heteroatoms. The number of amides is 1. The lowest BCUT2D eigenvalue weighted by Crippen LogP contribution is -2.28. The Balaban J connectivity index is 1.81. The molecule has 0 aliphatic carbocycles. The van der Waals surface area contributed by atoms with Crippen molar-refractivity contribution < 1.29 is 4.79 Å². The van der Waals surface area contributed by atoms with Crippen molar-refractivity contribution in [2.45, 2.75) is 32.1 Å². The highest BCUT2D eigenvalue weighted by atomic mass is 16.1. The molecule has 0 bridgehead atoms. The minimum Gasteiger partial charge on any atom is -0.359 e. The Hall–Kier alpha value is -2.09. The van der Waals surface area contributed by atoms with Crippen molar-refractivity contribution in [2.75, 3.05) is 7.05 Å². The van der Waals surface area contributed by atoms with Crippen LogP contribution in [0, 0.1) is 5.92 Å². The number of unbranched alkanes of at least 4 members (excludes halogenated alkanes) is 1. The summed E-state index contributed by atoms with van der Waals surface area (Å²) in [5.41, 5.74) is 2.61. The summed E-state index contributed by atoms with van der Waals surface area (Å²) >= 11 is 0. The average Bonchev–Trinajstić information content (AvgIpc) is 2.58. The lowest BCUT2D eigenvalue weighted by Gasteiger charge is -2.15. The van der Waals surface area contributed by atoms with Gasteiger partial charge in [-0.25, -0.2) is 0 Å². The van der Waals surface area contributed by atoms with Gasteiger partial charge >= 0.3 is 0 Å². The zero-order valence-corrected chi connectivity index (χ0v) is 13.3. The number of aryl methyl sites for hydroxylation is 1. The Morgan fingerprint density at radius 2 is 1.50 bits per heavy atom. The third kappa shape index (κ3) is 5.36. The number of carbonyl (C=O) groups excluding carboxylic acids is 1. The van der Waals surface area contributed by atoms with Crippen LogP contribution in [0.4, 0.5) is 0 Å². The van der Waals surface area contributed by atoms with Gasteiger partial charge in [0, 0.05) is 13.0 Å². The predicted octanol–water partition coefficient (Wildman–Crippen LogP) is 4.00. The molecule has 0 heterocycles. The maximum atomic E-state index is 12.1. The Labute approximate surface area is 133 Å². The maximum Gasteiger partial charge on any atom is 0.223 e. The van der Waals surface area contributed by atoms with Gasteiger partial charge in [-0.05, 0) is 36.8 Å². The second-order valence-electron chi connectivity index (χ2n) is 5.73. The normalized spacial score (nSPS) is 11.9. The van der Waals surface area contributed by atoms with E-state index >= 15 is 0 Å². The number of hydrogen-bond acceptors (Lipinski definition) is 1. The van der Waals surface area contributed by atoms with Crippen LogP contribution in [0.15, 0.2) is 60.7 Å². The van der Waals surface area contributed by atoms with Crippen LogP contribution in [0.2, 0.25) is 0 Å². The topological polar surface area (TPSA) is 29.1 Å². The standard InChI is InChI=1S/C20H25NO/c1-21-20(22)19(16-18-13-6-3-7-14-18)15-9-8-12-17-10-4-2-5-11-17/h2-7,10-11,13-14,19H,8-9,12,15-16H2,1H3,(H,21,22). The summed E-state index contributed by atoms with van der Waals surface area (Å²) in [6.45, 7) is 0. The van der Waals surface area contributed by atoms with Gasteiger partial charge in [-0.2, -0.15) is 0 Å². The van der Waals surface area contributed by atoms with Crippen LogP contribution in [0.1, 0.15) is 30.4 Å². The van der Waals surface area contributed by atoms with Crippen molar-refractivity contribution in [1.82, 2.24) is 5.32 Å². The van der Waals surface area contributed by atoms with Gasteiger partial charge < -0.3 is 5.32 Å². The first-order valence-electron chi connectivity index (χ1n) is 8.09. The minimum absolute atomic E-state index is 0.0724. The summed E-state index contributed by atoms with van der Waals surface area (Å²) in [7, 11) is 1.73. The molecule has 2 aromatic carbocycles. The molecule has 116 valence electrons. The maximum absolute atomic E-state index is 12.1. The first-order chi connectivity index (χ1) is 10.8. The first kappa shape index (κ1) is 16.3. The van der Waals surface area contributed by atoms with Crippen LogP contribution in [-0.4, -0.2) is 13.0 Å². The van der Waals surface area contributed by atoms with E-state index in [1.165, 1.54) is 11.1 Å². The summed E-state index contributed by atoms with van der Waals surface area (Å²) in [5, 5.41) is 2.80. The molecule has 0 radical (unpaired) electrons. The Morgan fingerprint density at radius 3 is 2.09 bits per heavy atom. The molecular formula is C20H25NO. The zero-order chi connectivity index (χ0) is 15.6. The summed E-state index contributed by atoms with van der Waals surface area (Å²) in [4.78, 5) is 12.1. The largest absolute Gasteiger partial charge is 0.359 e. The number of benzene rings is 2. The first-order valence-corrected chi connectivity index (χ1v) is 8.09. The van der Waals surface area contributed by atoms with Gasteiger partial charge in [0.2, 0.25) is 5.91 Å². The van der Waals surface area contributed by atoms with Crippen LogP contribution in [0.5, 0.6) is 0 Å². The van der Waals surface area contributed by atoms with Crippen molar-refractivity contribution in [3.63, 3.8) is 0 Å². The van der Waals surface area contributed by atoms with E-state index in [1.807, 2.05) is 24.3 Å². The quantitative estimate of drug-likeness (QED) is 0.733. The number of carbonyl (C=O) groups is 1. The molecule has 2 nitrogen and oxygen atoms in total. The molecule has 1 N–H and O–H groups in total. The predicted molar refractivity (Wildman–Crippen MR) is 91.7 cm³/mol. The average molecular weight is 295 g/mol. The summed E-state index contributed by atoms with van der Waals surface area (Å²) in [6, 6.07) is 20.8. The SMILES string of the molecule is CNC(=O)C(CCCCc1ccccc1)Cc1ccccc1. The monoisotopic (exact) mass is 295 g/mol. The van der Waals surface area contributed by atoms with E-state index in [9.17, 15) is 4.79 Å². The van der Waals surface area contributed by atoms with Gasteiger partial charge in [-0.1, -0.05) is 67.1 Å². The number of hydrogen-bond donors (Lipinski definition) is 1. The number of rotatable bonds is 8. The van der Waals surface area contributed by atoms with Gasteiger partial charge in [0.1, 0.15) is 0 Å².